The predicted octanol–water partition coefficient (Wildman–Crippen LogP) is 3.13. The average molecular weight is 357 g/mol. The van der Waals surface area contributed by atoms with Crippen LogP contribution in [-0.2, 0) is 0 Å². The van der Waals surface area contributed by atoms with E-state index in [0.717, 1.165) is 30.9 Å². The zero-order chi connectivity index (χ0) is 18.2. The summed E-state index contributed by atoms with van der Waals surface area (Å²) in [5.74, 6) is 0.610. The number of piperazine rings is 1. The number of carbonyl (C=O) groups is 1. The molecule has 0 saturated carbocycles. The first kappa shape index (κ1) is 18.0. The third kappa shape index (κ3) is 5.12. The van der Waals surface area contributed by atoms with Crippen LogP contribution in [0.4, 0.5) is 14.9 Å². The number of rotatable bonds is 6. The Hall–Kier alpha value is -2.76. The van der Waals surface area contributed by atoms with Crippen LogP contribution in [0.5, 0.6) is 5.75 Å². The molecule has 5 nitrogen and oxygen atoms in total. The summed E-state index contributed by atoms with van der Waals surface area (Å²) in [6.07, 6.45) is 0.760. The molecule has 0 bridgehead atoms. The molecule has 1 N–H and O–H groups in total. The molecule has 0 atom stereocenters. The summed E-state index contributed by atoms with van der Waals surface area (Å²) in [6, 6.07) is 16.1. The number of hydrogen-bond acceptors (Lipinski definition) is 3. The maximum Gasteiger partial charge on any atom is 0.317 e. The number of ether oxygens (including phenoxy) is 1. The minimum Gasteiger partial charge on any atom is -0.494 e. The summed E-state index contributed by atoms with van der Waals surface area (Å²) >= 11 is 0. The molecule has 0 radical (unpaired) electrons. The van der Waals surface area contributed by atoms with Gasteiger partial charge in [0.1, 0.15) is 11.6 Å². The molecule has 1 fully saturated rings. The van der Waals surface area contributed by atoms with E-state index >= 15 is 0 Å². The summed E-state index contributed by atoms with van der Waals surface area (Å²) in [5.41, 5.74) is 0.990. The lowest BCUT2D eigenvalue weighted by Crippen LogP contribution is -2.52. The van der Waals surface area contributed by atoms with E-state index in [4.69, 9.17) is 4.74 Å². The van der Waals surface area contributed by atoms with Gasteiger partial charge in [0.15, 0.2) is 0 Å². The zero-order valence-corrected chi connectivity index (χ0v) is 14.7. The molecule has 0 spiro atoms. The van der Waals surface area contributed by atoms with Crippen LogP contribution in [0.25, 0.3) is 0 Å². The Morgan fingerprint density at radius 2 is 1.69 bits per heavy atom. The number of hydrogen-bond donors (Lipinski definition) is 1. The molecule has 1 aliphatic heterocycles. The summed E-state index contributed by atoms with van der Waals surface area (Å²) in [6.45, 7) is 3.96. The molecule has 2 amide bonds. The van der Waals surface area contributed by atoms with Gasteiger partial charge in [-0.25, -0.2) is 9.18 Å². The fourth-order valence-electron chi connectivity index (χ4n) is 2.91. The van der Waals surface area contributed by atoms with Crippen molar-refractivity contribution in [2.24, 2.45) is 0 Å². The SMILES string of the molecule is O=C(NCCCOc1ccccc1)N1CCN(c2ccc(F)cc2)CC1. The van der Waals surface area contributed by atoms with Crippen LogP contribution in [0.2, 0.25) is 0 Å². The number of anilines is 1. The van der Waals surface area contributed by atoms with E-state index in [1.54, 1.807) is 12.1 Å². The highest BCUT2D eigenvalue weighted by molar-refractivity contribution is 5.74. The largest absolute Gasteiger partial charge is 0.494 e. The number of nitrogens with one attached hydrogen (secondary N) is 1. The van der Waals surface area contributed by atoms with Crippen molar-refractivity contribution in [1.82, 2.24) is 10.2 Å². The van der Waals surface area contributed by atoms with Crippen LogP contribution in [0.15, 0.2) is 54.6 Å². The molecule has 0 unspecified atom stereocenters. The molecule has 1 heterocycles. The average Bonchev–Trinajstić information content (AvgIpc) is 2.69. The van der Waals surface area contributed by atoms with E-state index in [1.807, 2.05) is 35.2 Å². The quantitative estimate of drug-likeness (QED) is 0.808. The lowest BCUT2D eigenvalue weighted by molar-refractivity contribution is 0.193. The van der Waals surface area contributed by atoms with E-state index in [1.165, 1.54) is 12.1 Å². The van der Waals surface area contributed by atoms with Gasteiger partial charge in [0.2, 0.25) is 0 Å². The van der Waals surface area contributed by atoms with Crippen molar-refractivity contribution >= 4 is 11.7 Å². The minimum atomic E-state index is -0.233. The number of halogens is 1. The van der Waals surface area contributed by atoms with Gasteiger partial charge in [0.05, 0.1) is 6.61 Å². The maximum absolute atomic E-state index is 13.0. The third-order valence-electron chi connectivity index (χ3n) is 4.37. The Morgan fingerprint density at radius 1 is 1.00 bits per heavy atom. The van der Waals surface area contributed by atoms with Crippen molar-refractivity contribution in [2.75, 3.05) is 44.2 Å². The van der Waals surface area contributed by atoms with Crippen molar-refractivity contribution in [3.63, 3.8) is 0 Å². The van der Waals surface area contributed by atoms with Crippen molar-refractivity contribution in [3.8, 4) is 5.75 Å². The lowest BCUT2D eigenvalue weighted by atomic mass is 10.2. The smallest absolute Gasteiger partial charge is 0.317 e. The van der Waals surface area contributed by atoms with Crippen LogP contribution >= 0.6 is 0 Å². The highest BCUT2D eigenvalue weighted by Gasteiger charge is 2.20. The van der Waals surface area contributed by atoms with Gasteiger partial charge in [-0.1, -0.05) is 18.2 Å². The van der Waals surface area contributed by atoms with E-state index < -0.39 is 0 Å². The molecule has 26 heavy (non-hydrogen) atoms. The van der Waals surface area contributed by atoms with Crippen LogP contribution in [0.1, 0.15) is 6.42 Å². The lowest BCUT2D eigenvalue weighted by Gasteiger charge is -2.36. The molecule has 2 aromatic carbocycles. The number of carbonyl (C=O) groups excluding carboxylic acids is 1. The normalized spacial score (nSPS) is 14.2. The van der Waals surface area contributed by atoms with Crippen LogP contribution in [-0.4, -0.2) is 50.3 Å². The maximum atomic E-state index is 13.0. The second kappa shape index (κ2) is 9.08. The van der Waals surface area contributed by atoms with E-state index in [0.29, 0.717) is 26.2 Å². The highest BCUT2D eigenvalue weighted by Crippen LogP contribution is 2.16. The summed E-state index contributed by atoms with van der Waals surface area (Å²) < 4.78 is 18.6. The molecule has 6 heteroatoms. The van der Waals surface area contributed by atoms with E-state index in [2.05, 4.69) is 10.2 Å². The van der Waals surface area contributed by atoms with Gasteiger partial charge < -0.3 is 19.9 Å². The third-order valence-corrected chi connectivity index (χ3v) is 4.37. The first-order chi connectivity index (χ1) is 12.7. The minimum absolute atomic E-state index is 0.0385. The number of benzene rings is 2. The van der Waals surface area contributed by atoms with Gasteiger partial charge in [-0.05, 0) is 42.8 Å². The van der Waals surface area contributed by atoms with Crippen molar-refractivity contribution in [2.45, 2.75) is 6.42 Å². The molecule has 3 rings (SSSR count). The molecule has 138 valence electrons. The standard InChI is InChI=1S/C20H24FN3O2/c21-17-7-9-18(10-8-17)23-12-14-24(15-13-23)20(25)22-11-4-16-26-19-5-2-1-3-6-19/h1-3,5-10H,4,11-16H2,(H,22,25). The molecular formula is C20H24FN3O2. The van der Waals surface area contributed by atoms with E-state index in [9.17, 15) is 9.18 Å². The summed E-state index contributed by atoms with van der Waals surface area (Å²) in [7, 11) is 0. The number of nitrogens with zero attached hydrogens (tertiary/aromatic N) is 2. The van der Waals surface area contributed by atoms with Gasteiger partial charge in [-0.3, -0.25) is 0 Å². The fraction of sp³-hybridized carbons (Fsp3) is 0.350. The van der Waals surface area contributed by atoms with Crippen LogP contribution in [0, 0.1) is 5.82 Å². The summed E-state index contributed by atoms with van der Waals surface area (Å²) in [4.78, 5) is 16.2. The monoisotopic (exact) mass is 357 g/mol. The Balaban J connectivity index is 1.33. The van der Waals surface area contributed by atoms with E-state index in [-0.39, 0.29) is 11.8 Å². The summed E-state index contributed by atoms with van der Waals surface area (Å²) in [5, 5.41) is 2.94. The van der Waals surface area contributed by atoms with Gasteiger partial charge >= 0.3 is 6.03 Å². The molecule has 0 aromatic heterocycles. The number of para-hydroxylation sites is 1. The number of amides is 2. The topological polar surface area (TPSA) is 44.8 Å². The molecule has 2 aromatic rings. The van der Waals surface area contributed by atoms with Gasteiger partial charge in [0.25, 0.3) is 0 Å². The predicted molar refractivity (Wildman–Crippen MR) is 100 cm³/mol. The second-order valence-corrected chi connectivity index (χ2v) is 6.20. The molecule has 1 saturated heterocycles. The first-order valence-electron chi connectivity index (χ1n) is 8.93. The molecule has 0 aliphatic carbocycles. The van der Waals surface area contributed by atoms with Gasteiger partial charge in [-0.2, -0.15) is 0 Å². The zero-order valence-electron chi connectivity index (χ0n) is 14.7. The Bertz CT molecular complexity index is 686. The first-order valence-corrected chi connectivity index (χ1v) is 8.93. The Morgan fingerprint density at radius 3 is 2.38 bits per heavy atom. The molecular weight excluding hydrogens is 333 g/mol. The van der Waals surface area contributed by atoms with Gasteiger partial charge in [0, 0.05) is 38.4 Å². The highest BCUT2D eigenvalue weighted by atomic mass is 19.1. The van der Waals surface area contributed by atoms with Crippen molar-refractivity contribution in [1.29, 1.82) is 0 Å². The second-order valence-electron chi connectivity index (χ2n) is 6.20. The van der Waals surface area contributed by atoms with Crippen LogP contribution in [0.3, 0.4) is 0 Å². The van der Waals surface area contributed by atoms with Crippen LogP contribution < -0.4 is 15.0 Å². The van der Waals surface area contributed by atoms with Gasteiger partial charge in [-0.15, -0.1) is 0 Å². The molecule has 1 aliphatic rings. The fourth-order valence-corrected chi connectivity index (χ4v) is 2.91. The van der Waals surface area contributed by atoms with Crippen molar-refractivity contribution in [3.05, 3.63) is 60.4 Å². The Kier molecular flexibility index (Phi) is 6.30. The number of urea groups is 1. The van der Waals surface area contributed by atoms with Crippen molar-refractivity contribution < 1.29 is 13.9 Å². The Labute approximate surface area is 153 Å².